The van der Waals surface area contributed by atoms with E-state index >= 15 is 0 Å². The lowest BCUT2D eigenvalue weighted by Crippen LogP contribution is -2.15. The molecule has 4 aromatic rings. The Morgan fingerprint density at radius 3 is 2.85 bits per heavy atom. The van der Waals surface area contributed by atoms with Gasteiger partial charge in [-0.2, -0.15) is 4.98 Å². The number of carbonyl (C=O) groups is 1. The summed E-state index contributed by atoms with van der Waals surface area (Å²) in [6.07, 6.45) is 2.32. The number of rotatable bonds is 6. The average molecular weight is 361 g/mol. The van der Waals surface area contributed by atoms with Gasteiger partial charge in [0, 0.05) is 24.7 Å². The van der Waals surface area contributed by atoms with E-state index < -0.39 is 0 Å². The van der Waals surface area contributed by atoms with Crippen LogP contribution in [0.5, 0.6) is 5.75 Å². The quantitative estimate of drug-likeness (QED) is 0.551. The molecule has 0 bridgehead atoms. The zero-order valence-electron chi connectivity index (χ0n) is 14.8. The highest BCUT2D eigenvalue weighted by Gasteiger charge is 2.12. The van der Waals surface area contributed by atoms with E-state index in [2.05, 4.69) is 31.1 Å². The number of amides is 1. The van der Waals surface area contributed by atoms with Gasteiger partial charge >= 0.3 is 0 Å². The number of ether oxygens (including phenoxy) is 1. The summed E-state index contributed by atoms with van der Waals surface area (Å²) in [6.45, 7) is 0.586. The lowest BCUT2D eigenvalue weighted by Gasteiger charge is -2.05. The van der Waals surface area contributed by atoms with Crippen molar-refractivity contribution >= 4 is 22.8 Å². The van der Waals surface area contributed by atoms with E-state index in [0.29, 0.717) is 24.5 Å². The second-order valence-corrected chi connectivity index (χ2v) is 6.07. The van der Waals surface area contributed by atoms with E-state index in [0.717, 1.165) is 16.5 Å². The SMILES string of the molecule is COc1ccccc1-c1nc(NC(=O)CCn2ccc3ccccc32)n[nH]1. The molecule has 0 saturated heterocycles. The fourth-order valence-electron chi connectivity index (χ4n) is 3.02. The molecule has 2 aromatic carbocycles. The van der Waals surface area contributed by atoms with Gasteiger partial charge in [0.1, 0.15) is 5.75 Å². The van der Waals surface area contributed by atoms with Crippen molar-refractivity contribution in [3.63, 3.8) is 0 Å². The highest BCUT2D eigenvalue weighted by Crippen LogP contribution is 2.27. The lowest BCUT2D eigenvalue weighted by molar-refractivity contribution is -0.116. The lowest BCUT2D eigenvalue weighted by atomic mass is 10.2. The molecule has 4 rings (SSSR count). The molecule has 136 valence electrons. The fraction of sp³-hybridized carbons (Fsp3) is 0.150. The van der Waals surface area contributed by atoms with Gasteiger partial charge in [-0.1, -0.05) is 30.3 Å². The van der Waals surface area contributed by atoms with Crippen molar-refractivity contribution in [2.24, 2.45) is 0 Å². The van der Waals surface area contributed by atoms with Crippen molar-refractivity contribution < 1.29 is 9.53 Å². The molecule has 0 unspecified atom stereocenters. The second-order valence-electron chi connectivity index (χ2n) is 6.07. The van der Waals surface area contributed by atoms with Gasteiger partial charge in [-0.05, 0) is 29.7 Å². The number of benzene rings is 2. The van der Waals surface area contributed by atoms with Crippen LogP contribution in [0.1, 0.15) is 6.42 Å². The zero-order chi connectivity index (χ0) is 18.6. The van der Waals surface area contributed by atoms with Crippen molar-refractivity contribution in [2.45, 2.75) is 13.0 Å². The monoisotopic (exact) mass is 361 g/mol. The molecule has 2 heterocycles. The minimum absolute atomic E-state index is 0.140. The third kappa shape index (κ3) is 3.52. The summed E-state index contributed by atoms with van der Waals surface area (Å²) < 4.78 is 7.39. The maximum atomic E-state index is 12.3. The van der Waals surface area contributed by atoms with Crippen molar-refractivity contribution in [3.05, 3.63) is 60.8 Å². The Bertz CT molecular complexity index is 1080. The molecule has 0 aliphatic heterocycles. The van der Waals surface area contributed by atoms with Gasteiger partial charge in [-0.25, -0.2) is 0 Å². The molecule has 0 aliphatic rings. The molecule has 1 amide bonds. The molecular formula is C20H19N5O2. The van der Waals surface area contributed by atoms with Crippen LogP contribution < -0.4 is 10.1 Å². The number of hydrogen-bond donors (Lipinski definition) is 2. The van der Waals surface area contributed by atoms with Crippen LogP contribution in [-0.4, -0.2) is 32.8 Å². The van der Waals surface area contributed by atoms with Crippen LogP contribution in [0.2, 0.25) is 0 Å². The van der Waals surface area contributed by atoms with E-state index in [1.807, 2.05) is 54.7 Å². The van der Waals surface area contributed by atoms with Gasteiger partial charge < -0.3 is 9.30 Å². The Morgan fingerprint density at radius 1 is 1.15 bits per heavy atom. The van der Waals surface area contributed by atoms with E-state index in [9.17, 15) is 4.79 Å². The number of hydrogen-bond acceptors (Lipinski definition) is 4. The molecular weight excluding hydrogens is 342 g/mol. The molecule has 0 aliphatic carbocycles. The Balaban J connectivity index is 1.41. The molecule has 7 heteroatoms. The van der Waals surface area contributed by atoms with Crippen molar-refractivity contribution in [1.82, 2.24) is 19.7 Å². The van der Waals surface area contributed by atoms with Crippen molar-refractivity contribution in [1.29, 1.82) is 0 Å². The van der Waals surface area contributed by atoms with E-state index in [1.54, 1.807) is 7.11 Å². The summed E-state index contributed by atoms with van der Waals surface area (Å²) >= 11 is 0. The van der Waals surface area contributed by atoms with Crippen molar-refractivity contribution in [3.8, 4) is 17.1 Å². The smallest absolute Gasteiger partial charge is 0.249 e. The highest BCUT2D eigenvalue weighted by atomic mass is 16.5. The summed E-state index contributed by atoms with van der Waals surface area (Å²) in [5, 5.41) is 10.8. The fourth-order valence-corrected chi connectivity index (χ4v) is 3.02. The van der Waals surface area contributed by atoms with Gasteiger partial charge in [0.15, 0.2) is 5.82 Å². The summed E-state index contributed by atoms with van der Waals surface area (Å²) in [5.74, 6) is 1.33. The van der Waals surface area contributed by atoms with Crippen LogP contribution in [0, 0.1) is 0 Å². The minimum Gasteiger partial charge on any atom is -0.496 e. The Hall–Kier alpha value is -3.61. The number of H-pyrrole nitrogens is 1. The molecule has 0 spiro atoms. The van der Waals surface area contributed by atoms with Gasteiger partial charge in [-0.15, -0.1) is 5.10 Å². The first kappa shape index (κ1) is 16.8. The molecule has 2 aromatic heterocycles. The number of aromatic nitrogens is 4. The highest BCUT2D eigenvalue weighted by molar-refractivity contribution is 5.89. The first-order valence-corrected chi connectivity index (χ1v) is 8.64. The van der Waals surface area contributed by atoms with E-state index in [-0.39, 0.29) is 11.9 Å². The Labute approximate surface area is 156 Å². The third-order valence-electron chi connectivity index (χ3n) is 4.36. The number of aryl methyl sites for hydroxylation is 1. The Morgan fingerprint density at radius 2 is 1.96 bits per heavy atom. The van der Waals surface area contributed by atoms with Crippen molar-refractivity contribution in [2.75, 3.05) is 12.4 Å². The number of carbonyl (C=O) groups excluding carboxylic acids is 1. The second kappa shape index (κ2) is 7.33. The Kier molecular flexibility index (Phi) is 4.57. The molecule has 0 fully saturated rings. The molecule has 0 radical (unpaired) electrons. The van der Waals surface area contributed by atoms with E-state index in [4.69, 9.17) is 4.74 Å². The normalized spacial score (nSPS) is 10.9. The molecule has 0 saturated carbocycles. The van der Waals surface area contributed by atoms with Crippen LogP contribution in [0.4, 0.5) is 5.95 Å². The van der Waals surface area contributed by atoms with Crippen LogP contribution in [0.25, 0.3) is 22.3 Å². The largest absolute Gasteiger partial charge is 0.496 e. The number of nitrogens with one attached hydrogen (secondary N) is 2. The number of anilines is 1. The third-order valence-corrected chi connectivity index (χ3v) is 4.36. The molecule has 2 N–H and O–H groups in total. The van der Waals surface area contributed by atoms with Crippen LogP contribution in [0.15, 0.2) is 60.8 Å². The topological polar surface area (TPSA) is 84.8 Å². The number of para-hydroxylation sites is 2. The van der Waals surface area contributed by atoms with Crippen LogP contribution in [-0.2, 0) is 11.3 Å². The summed E-state index contributed by atoms with van der Waals surface area (Å²) in [6, 6.07) is 17.6. The molecule has 0 atom stereocenters. The standard InChI is InChI=1S/C20H19N5O2/c1-27-17-9-5-3-7-15(17)19-22-20(24-23-19)21-18(26)11-13-25-12-10-14-6-2-4-8-16(14)25/h2-10,12H,11,13H2,1H3,(H2,21,22,23,24,26). The predicted octanol–water partition coefficient (Wildman–Crippen LogP) is 3.46. The van der Waals surface area contributed by atoms with Crippen LogP contribution in [0.3, 0.4) is 0 Å². The number of nitrogens with zero attached hydrogens (tertiary/aromatic N) is 3. The summed E-state index contributed by atoms with van der Waals surface area (Å²) in [7, 11) is 1.60. The first-order valence-electron chi connectivity index (χ1n) is 8.64. The summed E-state index contributed by atoms with van der Waals surface area (Å²) in [4.78, 5) is 16.6. The van der Waals surface area contributed by atoms with E-state index in [1.165, 1.54) is 0 Å². The predicted molar refractivity (Wildman–Crippen MR) is 104 cm³/mol. The minimum atomic E-state index is -0.140. The maximum absolute atomic E-state index is 12.3. The van der Waals surface area contributed by atoms with Gasteiger partial charge in [0.05, 0.1) is 12.7 Å². The molecule has 7 nitrogen and oxygen atoms in total. The van der Waals surface area contributed by atoms with Gasteiger partial charge in [-0.3, -0.25) is 15.2 Å². The number of fused-ring (bicyclic) bond motifs is 1. The molecule has 27 heavy (non-hydrogen) atoms. The van der Waals surface area contributed by atoms with Gasteiger partial charge in [0.2, 0.25) is 11.9 Å². The number of aromatic amines is 1. The summed E-state index contributed by atoms with van der Waals surface area (Å²) in [5.41, 5.74) is 1.90. The zero-order valence-corrected chi connectivity index (χ0v) is 14.8. The van der Waals surface area contributed by atoms with Gasteiger partial charge in [0.25, 0.3) is 0 Å². The average Bonchev–Trinajstić information content (AvgIpc) is 3.33. The maximum Gasteiger partial charge on any atom is 0.249 e. The first-order chi connectivity index (χ1) is 13.2. The number of methoxy groups -OCH3 is 1. The van der Waals surface area contributed by atoms with Crippen LogP contribution >= 0.6 is 0 Å².